The third-order valence-electron chi connectivity index (χ3n) is 3.33. The fourth-order valence-corrected chi connectivity index (χ4v) is 3.05. The van der Waals surface area contributed by atoms with Crippen LogP contribution in [0.3, 0.4) is 0 Å². The molecule has 0 unspecified atom stereocenters. The van der Waals surface area contributed by atoms with Gasteiger partial charge in [-0.05, 0) is 30.7 Å². The molecule has 0 bridgehead atoms. The zero-order chi connectivity index (χ0) is 10.6. The second kappa shape index (κ2) is 5.50. The molecule has 0 aliphatic heterocycles. The van der Waals surface area contributed by atoms with Crippen molar-refractivity contribution in [3.8, 4) is 0 Å². The van der Waals surface area contributed by atoms with Crippen LogP contribution in [0.1, 0.15) is 40.0 Å². The molecular weight excluding hydrogens is 238 g/mol. The van der Waals surface area contributed by atoms with E-state index in [1.54, 1.807) is 0 Å². The summed E-state index contributed by atoms with van der Waals surface area (Å²) in [7, 11) is 0. The summed E-state index contributed by atoms with van der Waals surface area (Å²) in [6.07, 6.45) is 4.28. The number of halogens is 1. The van der Waals surface area contributed by atoms with E-state index in [9.17, 15) is 0 Å². The molecule has 0 saturated heterocycles. The Morgan fingerprint density at radius 3 is 2.29 bits per heavy atom. The van der Waals surface area contributed by atoms with Crippen molar-refractivity contribution in [1.82, 2.24) is 4.90 Å². The van der Waals surface area contributed by atoms with Gasteiger partial charge in [-0.3, -0.25) is 0 Å². The van der Waals surface area contributed by atoms with Gasteiger partial charge in [0.15, 0.2) is 0 Å². The molecule has 1 nitrogen and oxygen atoms in total. The first kappa shape index (κ1) is 12.5. The normalized spacial score (nSPS) is 20.1. The van der Waals surface area contributed by atoms with Gasteiger partial charge >= 0.3 is 0 Å². The lowest BCUT2D eigenvalue weighted by Gasteiger charge is -2.44. The molecule has 0 aromatic rings. The van der Waals surface area contributed by atoms with Gasteiger partial charge in [-0.2, -0.15) is 0 Å². The predicted molar refractivity (Wildman–Crippen MR) is 67.0 cm³/mol. The standard InChI is InChI=1S/C12H24BrN/c1-4-14(8-11(2)3)10-12(9-13)6-5-7-12/h11H,4-10H2,1-3H3. The molecule has 1 rings (SSSR count). The topological polar surface area (TPSA) is 3.24 Å². The molecule has 0 heterocycles. The van der Waals surface area contributed by atoms with Crippen molar-refractivity contribution in [2.45, 2.75) is 40.0 Å². The van der Waals surface area contributed by atoms with E-state index in [2.05, 4.69) is 41.6 Å². The van der Waals surface area contributed by atoms with E-state index >= 15 is 0 Å². The van der Waals surface area contributed by atoms with E-state index in [4.69, 9.17) is 0 Å². The number of hydrogen-bond donors (Lipinski definition) is 0. The monoisotopic (exact) mass is 261 g/mol. The zero-order valence-corrected chi connectivity index (χ0v) is 11.4. The van der Waals surface area contributed by atoms with Crippen LogP contribution in [0.15, 0.2) is 0 Å². The van der Waals surface area contributed by atoms with E-state index in [1.807, 2.05) is 0 Å². The largest absolute Gasteiger partial charge is 0.303 e. The molecule has 1 aliphatic carbocycles. The Labute approximate surface area is 97.4 Å². The number of rotatable bonds is 6. The summed E-state index contributed by atoms with van der Waals surface area (Å²) < 4.78 is 0. The van der Waals surface area contributed by atoms with E-state index in [0.717, 1.165) is 5.92 Å². The van der Waals surface area contributed by atoms with Gasteiger partial charge in [-0.1, -0.05) is 43.1 Å². The Balaban J connectivity index is 2.38. The molecule has 1 fully saturated rings. The van der Waals surface area contributed by atoms with Crippen molar-refractivity contribution >= 4 is 15.9 Å². The Hall–Kier alpha value is 0.440. The highest BCUT2D eigenvalue weighted by Gasteiger charge is 2.37. The van der Waals surface area contributed by atoms with E-state index < -0.39 is 0 Å². The molecule has 1 saturated carbocycles. The average molecular weight is 262 g/mol. The molecule has 0 N–H and O–H groups in total. The van der Waals surface area contributed by atoms with Crippen LogP contribution in [0, 0.1) is 11.3 Å². The van der Waals surface area contributed by atoms with Gasteiger partial charge in [-0.25, -0.2) is 0 Å². The van der Waals surface area contributed by atoms with Crippen molar-refractivity contribution in [3.63, 3.8) is 0 Å². The van der Waals surface area contributed by atoms with Crippen LogP contribution in [0.2, 0.25) is 0 Å². The minimum Gasteiger partial charge on any atom is -0.303 e. The van der Waals surface area contributed by atoms with E-state index in [1.165, 1.54) is 44.2 Å². The molecule has 0 atom stereocenters. The van der Waals surface area contributed by atoms with Crippen molar-refractivity contribution in [2.75, 3.05) is 25.0 Å². The predicted octanol–water partition coefficient (Wildman–Crippen LogP) is 3.53. The minimum atomic E-state index is 0.616. The Morgan fingerprint density at radius 1 is 1.36 bits per heavy atom. The quantitative estimate of drug-likeness (QED) is 0.662. The third kappa shape index (κ3) is 3.23. The second-order valence-corrected chi connectivity index (χ2v) is 5.77. The molecule has 14 heavy (non-hydrogen) atoms. The van der Waals surface area contributed by atoms with Crippen LogP contribution >= 0.6 is 15.9 Å². The first-order chi connectivity index (χ1) is 6.62. The summed E-state index contributed by atoms with van der Waals surface area (Å²) in [4.78, 5) is 2.62. The summed E-state index contributed by atoms with van der Waals surface area (Å²) in [5.74, 6) is 0.794. The summed E-state index contributed by atoms with van der Waals surface area (Å²) in [6, 6.07) is 0. The van der Waals surface area contributed by atoms with Gasteiger partial charge < -0.3 is 4.90 Å². The molecule has 0 radical (unpaired) electrons. The lowest BCUT2D eigenvalue weighted by molar-refractivity contribution is 0.0874. The maximum absolute atomic E-state index is 3.68. The Kier molecular flexibility index (Phi) is 4.92. The number of alkyl halides is 1. The molecule has 0 aromatic heterocycles. The molecule has 0 amide bonds. The lowest BCUT2D eigenvalue weighted by Crippen LogP contribution is -2.44. The van der Waals surface area contributed by atoms with Gasteiger partial charge in [0, 0.05) is 18.4 Å². The summed E-state index contributed by atoms with van der Waals surface area (Å²) in [6.45, 7) is 10.7. The van der Waals surface area contributed by atoms with Crippen molar-refractivity contribution in [1.29, 1.82) is 0 Å². The molecule has 2 heteroatoms. The summed E-state index contributed by atoms with van der Waals surface area (Å²) in [5.41, 5.74) is 0.616. The molecule has 0 aromatic carbocycles. The minimum absolute atomic E-state index is 0.616. The highest BCUT2D eigenvalue weighted by Crippen LogP contribution is 2.43. The number of hydrogen-bond acceptors (Lipinski definition) is 1. The first-order valence-corrected chi connectivity index (χ1v) is 7.02. The van der Waals surface area contributed by atoms with Gasteiger partial charge in [0.05, 0.1) is 0 Å². The van der Waals surface area contributed by atoms with Crippen molar-refractivity contribution in [3.05, 3.63) is 0 Å². The van der Waals surface area contributed by atoms with Gasteiger partial charge in [0.1, 0.15) is 0 Å². The Bertz CT molecular complexity index is 158. The molecular formula is C12H24BrN. The summed E-state index contributed by atoms with van der Waals surface area (Å²) in [5, 5.41) is 1.19. The molecule has 0 spiro atoms. The molecule has 84 valence electrons. The van der Waals surface area contributed by atoms with E-state index in [0.29, 0.717) is 5.41 Å². The van der Waals surface area contributed by atoms with Crippen LogP contribution in [0.5, 0.6) is 0 Å². The lowest BCUT2D eigenvalue weighted by atomic mass is 9.70. The van der Waals surface area contributed by atoms with Crippen LogP contribution in [-0.4, -0.2) is 29.9 Å². The smallest absolute Gasteiger partial charge is 0.0100 e. The van der Waals surface area contributed by atoms with E-state index in [-0.39, 0.29) is 0 Å². The zero-order valence-electron chi connectivity index (χ0n) is 9.85. The average Bonchev–Trinajstić information content (AvgIpc) is 2.08. The molecule has 1 aliphatic rings. The maximum Gasteiger partial charge on any atom is 0.0100 e. The highest BCUT2D eigenvalue weighted by atomic mass is 79.9. The number of nitrogens with zero attached hydrogens (tertiary/aromatic N) is 1. The fraction of sp³-hybridized carbons (Fsp3) is 1.00. The van der Waals surface area contributed by atoms with Crippen molar-refractivity contribution < 1.29 is 0 Å². The van der Waals surface area contributed by atoms with Gasteiger partial charge in [0.25, 0.3) is 0 Å². The van der Waals surface area contributed by atoms with Crippen molar-refractivity contribution in [2.24, 2.45) is 11.3 Å². The summed E-state index contributed by atoms with van der Waals surface area (Å²) >= 11 is 3.68. The van der Waals surface area contributed by atoms with Gasteiger partial charge in [-0.15, -0.1) is 0 Å². The van der Waals surface area contributed by atoms with Crippen LogP contribution in [0.4, 0.5) is 0 Å². The Morgan fingerprint density at radius 2 is 2.00 bits per heavy atom. The SMILES string of the molecule is CCN(CC(C)C)CC1(CBr)CCC1. The highest BCUT2D eigenvalue weighted by molar-refractivity contribution is 9.09. The van der Waals surface area contributed by atoms with Crippen LogP contribution in [-0.2, 0) is 0 Å². The first-order valence-electron chi connectivity index (χ1n) is 5.90. The van der Waals surface area contributed by atoms with Gasteiger partial charge in [0.2, 0.25) is 0 Å². The second-order valence-electron chi connectivity index (χ2n) is 5.21. The third-order valence-corrected chi connectivity index (χ3v) is 4.52. The fourth-order valence-electron chi connectivity index (χ4n) is 2.31. The van der Waals surface area contributed by atoms with Crippen LogP contribution < -0.4 is 0 Å². The van der Waals surface area contributed by atoms with Crippen LogP contribution in [0.25, 0.3) is 0 Å². The maximum atomic E-state index is 3.68.